The first kappa shape index (κ1) is 15.4. The van der Waals surface area contributed by atoms with Gasteiger partial charge in [0.2, 0.25) is 0 Å². The Balaban J connectivity index is 1.53. The van der Waals surface area contributed by atoms with E-state index >= 15 is 0 Å². The molecule has 1 atom stereocenters. The molecule has 24 heavy (non-hydrogen) atoms. The van der Waals surface area contributed by atoms with Gasteiger partial charge in [-0.25, -0.2) is 0 Å². The standard InChI is InChI=1S/C17H24N6O/c1-20-10-6-16(19-20)17(24)22-12-14-5-7-18-23(14)15(13-22)11-21-8-3-2-4-9-21/h5-7,10,15H,2-4,8-9,11-13H2,1H3. The number of hydrogen-bond donors (Lipinski definition) is 0. The van der Waals surface area contributed by atoms with Crippen molar-refractivity contribution in [3.8, 4) is 0 Å². The molecule has 4 rings (SSSR count). The van der Waals surface area contributed by atoms with Gasteiger partial charge in [0.05, 0.1) is 18.3 Å². The van der Waals surface area contributed by atoms with Gasteiger partial charge in [-0.15, -0.1) is 0 Å². The van der Waals surface area contributed by atoms with Crippen LogP contribution in [0.5, 0.6) is 0 Å². The van der Waals surface area contributed by atoms with E-state index in [0.29, 0.717) is 18.8 Å². The van der Waals surface area contributed by atoms with Crippen molar-refractivity contribution in [2.75, 3.05) is 26.2 Å². The normalized spacial score (nSPS) is 21.7. The summed E-state index contributed by atoms with van der Waals surface area (Å²) in [4.78, 5) is 17.2. The Morgan fingerprint density at radius 3 is 2.83 bits per heavy atom. The largest absolute Gasteiger partial charge is 0.329 e. The van der Waals surface area contributed by atoms with E-state index in [1.54, 1.807) is 10.7 Å². The molecule has 128 valence electrons. The monoisotopic (exact) mass is 328 g/mol. The fraction of sp³-hybridized carbons (Fsp3) is 0.588. The van der Waals surface area contributed by atoms with Crippen LogP contribution in [0.25, 0.3) is 0 Å². The Kier molecular flexibility index (Phi) is 4.10. The lowest BCUT2D eigenvalue weighted by molar-refractivity contribution is 0.0624. The van der Waals surface area contributed by atoms with Crippen LogP contribution in [0, 0.1) is 0 Å². The van der Waals surface area contributed by atoms with Crippen molar-refractivity contribution in [2.24, 2.45) is 7.05 Å². The molecule has 1 fully saturated rings. The maximum Gasteiger partial charge on any atom is 0.274 e. The molecule has 0 aromatic carbocycles. The highest BCUT2D eigenvalue weighted by atomic mass is 16.2. The number of carbonyl (C=O) groups excluding carboxylic acids is 1. The Hall–Kier alpha value is -2.15. The summed E-state index contributed by atoms with van der Waals surface area (Å²) < 4.78 is 3.78. The van der Waals surface area contributed by atoms with Crippen LogP contribution >= 0.6 is 0 Å². The second-order valence-corrected chi connectivity index (χ2v) is 6.84. The SMILES string of the molecule is Cn1ccc(C(=O)N2Cc3ccnn3C(CN3CCCCC3)C2)n1. The minimum absolute atomic E-state index is 0.00620. The van der Waals surface area contributed by atoms with Crippen molar-refractivity contribution < 1.29 is 4.79 Å². The Labute approximate surface area is 141 Å². The fourth-order valence-corrected chi connectivity index (χ4v) is 3.81. The highest BCUT2D eigenvalue weighted by Gasteiger charge is 2.31. The number of piperidine rings is 1. The van der Waals surface area contributed by atoms with Gasteiger partial charge in [-0.05, 0) is 38.1 Å². The van der Waals surface area contributed by atoms with Gasteiger partial charge in [0.15, 0.2) is 0 Å². The van der Waals surface area contributed by atoms with E-state index in [1.165, 1.54) is 19.3 Å². The van der Waals surface area contributed by atoms with Crippen LogP contribution in [-0.4, -0.2) is 61.4 Å². The van der Waals surface area contributed by atoms with Crippen LogP contribution in [0.15, 0.2) is 24.5 Å². The molecule has 2 aromatic heterocycles. The van der Waals surface area contributed by atoms with E-state index in [4.69, 9.17) is 0 Å². The van der Waals surface area contributed by atoms with E-state index in [1.807, 2.05) is 30.4 Å². The quantitative estimate of drug-likeness (QED) is 0.852. The van der Waals surface area contributed by atoms with Crippen molar-refractivity contribution in [3.63, 3.8) is 0 Å². The molecule has 4 heterocycles. The lowest BCUT2D eigenvalue weighted by Gasteiger charge is -2.37. The minimum atomic E-state index is 0.00620. The molecule has 2 aromatic rings. The molecule has 1 amide bonds. The predicted molar refractivity (Wildman–Crippen MR) is 89.5 cm³/mol. The molecular weight excluding hydrogens is 304 g/mol. The van der Waals surface area contributed by atoms with Crippen LogP contribution < -0.4 is 0 Å². The van der Waals surface area contributed by atoms with Crippen LogP contribution in [0.3, 0.4) is 0 Å². The van der Waals surface area contributed by atoms with Crippen molar-refractivity contribution in [1.82, 2.24) is 29.4 Å². The number of amides is 1. The molecule has 7 nitrogen and oxygen atoms in total. The maximum atomic E-state index is 12.8. The molecule has 2 aliphatic rings. The van der Waals surface area contributed by atoms with Gasteiger partial charge >= 0.3 is 0 Å². The van der Waals surface area contributed by atoms with Gasteiger partial charge in [-0.2, -0.15) is 10.2 Å². The van der Waals surface area contributed by atoms with Crippen LogP contribution in [0.1, 0.15) is 41.5 Å². The molecule has 1 unspecified atom stereocenters. The zero-order valence-corrected chi connectivity index (χ0v) is 14.1. The smallest absolute Gasteiger partial charge is 0.274 e. The van der Waals surface area contributed by atoms with Gasteiger partial charge in [-0.3, -0.25) is 14.2 Å². The average molecular weight is 328 g/mol. The molecule has 0 N–H and O–H groups in total. The van der Waals surface area contributed by atoms with E-state index in [9.17, 15) is 4.79 Å². The number of rotatable bonds is 3. The molecule has 2 aliphatic heterocycles. The van der Waals surface area contributed by atoms with Gasteiger partial charge in [0, 0.05) is 32.5 Å². The molecule has 0 aliphatic carbocycles. The second-order valence-electron chi connectivity index (χ2n) is 6.84. The summed E-state index contributed by atoms with van der Waals surface area (Å²) >= 11 is 0. The lowest BCUT2D eigenvalue weighted by atomic mass is 10.1. The van der Waals surface area contributed by atoms with Crippen LogP contribution in [0.4, 0.5) is 0 Å². The van der Waals surface area contributed by atoms with Crippen molar-refractivity contribution in [2.45, 2.75) is 31.8 Å². The Morgan fingerprint density at radius 1 is 1.25 bits per heavy atom. The highest BCUT2D eigenvalue weighted by Crippen LogP contribution is 2.23. The maximum absolute atomic E-state index is 12.8. The van der Waals surface area contributed by atoms with Crippen LogP contribution in [-0.2, 0) is 13.6 Å². The fourth-order valence-electron chi connectivity index (χ4n) is 3.81. The summed E-state index contributed by atoms with van der Waals surface area (Å²) in [6, 6.07) is 4.02. The van der Waals surface area contributed by atoms with E-state index in [0.717, 1.165) is 25.3 Å². The third kappa shape index (κ3) is 2.96. The molecule has 0 spiro atoms. The molecule has 1 saturated heterocycles. The van der Waals surface area contributed by atoms with Gasteiger partial charge in [0.1, 0.15) is 5.69 Å². The van der Waals surface area contributed by atoms with Gasteiger partial charge in [-0.1, -0.05) is 6.42 Å². The summed E-state index contributed by atoms with van der Waals surface area (Å²) in [6.45, 7) is 4.57. The van der Waals surface area contributed by atoms with Crippen molar-refractivity contribution in [3.05, 3.63) is 35.9 Å². The molecule has 0 radical (unpaired) electrons. The number of hydrogen-bond acceptors (Lipinski definition) is 4. The van der Waals surface area contributed by atoms with E-state index in [2.05, 4.69) is 19.8 Å². The summed E-state index contributed by atoms with van der Waals surface area (Å²) in [5.74, 6) is 0.00620. The minimum Gasteiger partial charge on any atom is -0.329 e. The number of fused-ring (bicyclic) bond motifs is 1. The third-order valence-electron chi connectivity index (χ3n) is 5.02. The molecule has 0 saturated carbocycles. The van der Waals surface area contributed by atoms with Gasteiger partial charge < -0.3 is 9.80 Å². The predicted octanol–water partition coefficient (Wildman–Crippen LogP) is 1.30. The summed E-state index contributed by atoms with van der Waals surface area (Å²) in [5, 5.41) is 8.77. The highest BCUT2D eigenvalue weighted by molar-refractivity contribution is 5.92. The first-order valence-electron chi connectivity index (χ1n) is 8.74. The lowest BCUT2D eigenvalue weighted by Crippen LogP contribution is -2.46. The number of aromatic nitrogens is 4. The second kappa shape index (κ2) is 6.39. The van der Waals surface area contributed by atoms with Gasteiger partial charge in [0.25, 0.3) is 5.91 Å². The Bertz CT molecular complexity index is 714. The first-order chi connectivity index (χ1) is 11.7. The number of likely N-dealkylation sites (tertiary alicyclic amines) is 1. The van der Waals surface area contributed by atoms with Crippen molar-refractivity contribution >= 4 is 5.91 Å². The number of aryl methyl sites for hydroxylation is 1. The molecular formula is C17H24N6O. The molecule has 7 heteroatoms. The summed E-state index contributed by atoms with van der Waals surface area (Å²) in [5.41, 5.74) is 1.62. The number of carbonyl (C=O) groups is 1. The third-order valence-corrected chi connectivity index (χ3v) is 5.02. The Morgan fingerprint density at radius 2 is 2.08 bits per heavy atom. The van der Waals surface area contributed by atoms with E-state index in [-0.39, 0.29) is 11.9 Å². The number of nitrogens with zero attached hydrogens (tertiary/aromatic N) is 6. The van der Waals surface area contributed by atoms with Crippen LogP contribution in [0.2, 0.25) is 0 Å². The molecule has 0 bridgehead atoms. The van der Waals surface area contributed by atoms with E-state index < -0.39 is 0 Å². The van der Waals surface area contributed by atoms with Crippen molar-refractivity contribution in [1.29, 1.82) is 0 Å². The zero-order valence-electron chi connectivity index (χ0n) is 14.1. The topological polar surface area (TPSA) is 59.2 Å². The average Bonchev–Trinajstić information content (AvgIpc) is 3.24. The summed E-state index contributed by atoms with van der Waals surface area (Å²) in [7, 11) is 1.83. The summed E-state index contributed by atoms with van der Waals surface area (Å²) in [6.07, 6.45) is 7.53. The first-order valence-corrected chi connectivity index (χ1v) is 8.74. The zero-order chi connectivity index (χ0) is 16.5.